The van der Waals surface area contributed by atoms with E-state index in [0.29, 0.717) is 0 Å². The molecular formula is C11H12O8S. The van der Waals surface area contributed by atoms with Crippen molar-refractivity contribution >= 4 is 16.1 Å². The van der Waals surface area contributed by atoms with Crippen LogP contribution in [0, 0.1) is 0 Å². The lowest BCUT2D eigenvalue weighted by atomic mass is 9.84. The lowest BCUT2D eigenvalue weighted by molar-refractivity contribution is -0.160. The summed E-state index contributed by atoms with van der Waals surface area (Å²) in [6.07, 6.45) is -1.36. The molecule has 3 aliphatic heterocycles. The predicted octanol–water partition coefficient (Wildman–Crippen LogP) is -2.17. The number of carbonyl (C=O) groups excluding carboxylic acids is 1. The minimum Gasteiger partial charge on any atom is -0.454 e. The Morgan fingerprint density at radius 1 is 1.55 bits per heavy atom. The van der Waals surface area contributed by atoms with E-state index in [1.165, 1.54) is 0 Å². The highest BCUT2D eigenvalue weighted by atomic mass is 32.2. The average Bonchev–Trinajstić information content (AvgIpc) is 2.73. The summed E-state index contributed by atoms with van der Waals surface area (Å²) in [5.41, 5.74) is -4.28. The first kappa shape index (κ1) is 12.7. The average molecular weight is 304 g/mol. The van der Waals surface area contributed by atoms with Crippen molar-refractivity contribution in [3.63, 3.8) is 0 Å². The van der Waals surface area contributed by atoms with Crippen LogP contribution in [0.4, 0.5) is 0 Å². The first-order valence-corrected chi connectivity index (χ1v) is 7.53. The van der Waals surface area contributed by atoms with E-state index in [9.17, 15) is 23.4 Å². The number of aliphatic hydroxyl groups is 2. The molecule has 2 N–H and O–H groups in total. The van der Waals surface area contributed by atoms with Crippen LogP contribution in [-0.2, 0) is 28.6 Å². The second-order valence-corrected chi connectivity index (χ2v) is 7.36. The summed E-state index contributed by atoms with van der Waals surface area (Å²) >= 11 is 0. The molecule has 3 saturated heterocycles. The molecule has 6 unspecified atom stereocenters. The van der Waals surface area contributed by atoms with E-state index < -0.39 is 57.0 Å². The standard InChI is InChI=1S/C11H12O8S/c1-2-5(13)17-6-7-11-8(18-20(7,15)16)10(11,14)3-9(6,4-12)19-11/h2,6-8,12,14H,1,3-4H2. The topological polar surface area (TPSA) is 119 Å². The number of aliphatic hydroxyl groups excluding tert-OH is 1. The molecule has 6 atom stereocenters. The molecule has 2 bridgehead atoms. The van der Waals surface area contributed by atoms with Gasteiger partial charge in [-0.2, -0.15) is 8.42 Å². The fourth-order valence-corrected chi connectivity index (χ4v) is 6.13. The number of rotatable bonds is 3. The van der Waals surface area contributed by atoms with Gasteiger partial charge in [0.2, 0.25) is 0 Å². The number of hydrogen-bond donors (Lipinski definition) is 2. The lowest BCUT2D eigenvalue weighted by Gasteiger charge is -2.35. The highest BCUT2D eigenvalue weighted by molar-refractivity contribution is 7.87. The molecule has 20 heavy (non-hydrogen) atoms. The van der Waals surface area contributed by atoms with Crippen LogP contribution in [-0.4, -0.2) is 65.5 Å². The van der Waals surface area contributed by atoms with Crippen LogP contribution in [0.25, 0.3) is 0 Å². The van der Waals surface area contributed by atoms with Gasteiger partial charge in [-0.05, 0) is 0 Å². The normalized spacial score (nSPS) is 56.4. The fourth-order valence-electron chi connectivity index (χ4n) is 4.02. The zero-order chi connectivity index (χ0) is 14.6. The number of ether oxygens (including phenoxy) is 2. The van der Waals surface area contributed by atoms with Crippen molar-refractivity contribution in [2.45, 2.75) is 40.7 Å². The number of carbonyl (C=O) groups is 1. The second-order valence-electron chi connectivity index (χ2n) is 5.67. The molecule has 4 rings (SSSR count). The Balaban J connectivity index is 1.83. The SMILES string of the molecule is C=CC(=O)OC1C2C34OC1(CO)CC3(O)C4OS2(=O)=O. The molecule has 110 valence electrons. The van der Waals surface area contributed by atoms with Gasteiger partial charge in [0, 0.05) is 12.5 Å². The van der Waals surface area contributed by atoms with Crippen LogP contribution < -0.4 is 0 Å². The molecule has 8 nitrogen and oxygen atoms in total. The van der Waals surface area contributed by atoms with Gasteiger partial charge in [-0.25, -0.2) is 4.79 Å². The molecule has 0 amide bonds. The van der Waals surface area contributed by atoms with Crippen LogP contribution in [0.15, 0.2) is 12.7 Å². The minimum absolute atomic E-state index is 0.0394. The van der Waals surface area contributed by atoms with E-state index in [0.717, 1.165) is 6.08 Å². The van der Waals surface area contributed by atoms with Crippen LogP contribution in [0.5, 0.6) is 0 Å². The zero-order valence-corrected chi connectivity index (χ0v) is 11.0. The summed E-state index contributed by atoms with van der Waals surface area (Å²) < 4.78 is 39.6. The summed E-state index contributed by atoms with van der Waals surface area (Å²) in [5.74, 6) is -0.821. The molecule has 3 heterocycles. The Bertz CT molecular complexity index is 643. The van der Waals surface area contributed by atoms with Crippen LogP contribution in [0.3, 0.4) is 0 Å². The Morgan fingerprint density at radius 2 is 2.25 bits per heavy atom. The molecule has 0 aromatic heterocycles. The van der Waals surface area contributed by atoms with Gasteiger partial charge in [0.1, 0.15) is 17.3 Å². The Kier molecular flexibility index (Phi) is 1.97. The Hall–Kier alpha value is -1.00. The number of fused-ring (bicyclic) bond motifs is 2. The van der Waals surface area contributed by atoms with Crippen molar-refractivity contribution < 1.29 is 37.1 Å². The van der Waals surface area contributed by atoms with E-state index in [4.69, 9.17) is 13.7 Å². The van der Waals surface area contributed by atoms with E-state index in [2.05, 4.69) is 6.58 Å². The molecule has 0 aromatic carbocycles. The van der Waals surface area contributed by atoms with Gasteiger partial charge < -0.3 is 19.7 Å². The van der Waals surface area contributed by atoms with Gasteiger partial charge in [0.25, 0.3) is 10.1 Å². The molecule has 1 spiro atoms. The maximum Gasteiger partial charge on any atom is 0.330 e. The van der Waals surface area contributed by atoms with Gasteiger partial charge >= 0.3 is 5.97 Å². The fraction of sp³-hybridized carbons (Fsp3) is 0.727. The van der Waals surface area contributed by atoms with E-state index in [-0.39, 0.29) is 6.42 Å². The third-order valence-electron chi connectivity index (χ3n) is 4.79. The van der Waals surface area contributed by atoms with Crippen molar-refractivity contribution in [3.8, 4) is 0 Å². The Morgan fingerprint density at radius 3 is 2.85 bits per heavy atom. The summed E-state index contributed by atoms with van der Waals surface area (Å²) in [7, 11) is -4.03. The molecule has 9 heteroatoms. The van der Waals surface area contributed by atoms with Gasteiger partial charge in [-0.3, -0.25) is 4.18 Å². The smallest absolute Gasteiger partial charge is 0.330 e. The third-order valence-corrected chi connectivity index (χ3v) is 6.47. The minimum atomic E-state index is -4.03. The van der Waals surface area contributed by atoms with Gasteiger partial charge in [-0.1, -0.05) is 6.58 Å². The molecule has 0 aromatic rings. The molecular weight excluding hydrogens is 292 g/mol. The number of hydrogen-bond acceptors (Lipinski definition) is 8. The van der Waals surface area contributed by atoms with Crippen LogP contribution in [0.2, 0.25) is 0 Å². The summed E-state index contributed by atoms with van der Waals surface area (Å²) in [6, 6.07) is 0. The largest absolute Gasteiger partial charge is 0.454 e. The first-order chi connectivity index (χ1) is 9.27. The van der Waals surface area contributed by atoms with Crippen LogP contribution in [0.1, 0.15) is 6.42 Å². The van der Waals surface area contributed by atoms with Crippen molar-refractivity contribution in [2.24, 2.45) is 0 Å². The Labute approximate surface area is 114 Å². The highest BCUT2D eigenvalue weighted by Gasteiger charge is 3.01. The molecule has 4 fully saturated rings. The molecule has 0 radical (unpaired) electrons. The second kappa shape index (κ2) is 3.09. The first-order valence-electron chi connectivity index (χ1n) is 6.06. The van der Waals surface area contributed by atoms with Crippen molar-refractivity contribution in [1.82, 2.24) is 0 Å². The maximum absolute atomic E-state index is 12.0. The predicted molar refractivity (Wildman–Crippen MR) is 60.9 cm³/mol. The van der Waals surface area contributed by atoms with Crippen molar-refractivity contribution in [3.05, 3.63) is 12.7 Å². The zero-order valence-electron chi connectivity index (χ0n) is 10.2. The van der Waals surface area contributed by atoms with Crippen molar-refractivity contribution in [1.29, 1.82) is 0 Å². The van der Waals surface area contributed by atoms with E-state index in [1.807, 2.05) is 0 Å². The van der Waals surface area contributed by atoms with Crippen molar-refractivity contribution in [2.75, 3.05) is 6.61 Å². The van der Waals surface area contributed by atoms with E-state index >= 15 is 0 Å². The highest BCUT2D eigenvalue weighted by Crippen LogP contribution is 2.77. The summed E-state index contributed by atoms with van der Waals surface area (Å²) in [5, 5.41) is 18.6. The van der Waals surface area contributed by atoms with Gasteiger partial charge in [0.05, 0.1) is 6.61 Å². The van der Waals surface area contributed by atoms with Crippen LogP contribution >= 0.6 is 0 Å². The van der Waals surface area contributed by atoms with Gasteiger partial charge in [0.15, 0.2) is 17.0 Å². The molecule has 1 aliphatic carbocycles. The monoisotopic (exact) mass is 304 g/mol. The third kappa shape index (κ3) is 0.999. The quantitative estimate of drug-likeness (QED) is 0.343. The molecule has 1 saturated carbocycles. The maximum atomic E-state index is 12.0. The number of esters is 1. The summed E-state index contributed by atoms with van der Waals surface area (Å²) in [6.45, 7) is 2.68. The lowest BCUT2D eigenvalue weighted by Crippen LogP contribution is -2.57. The van der Waals surface area contributed by atoms with E-state index in [1.54, 1.807) is 0 Å². The molecule has 4 aliphatic rings. The van der Waals surface area contributed by atoms with Gasteiger partial charge in [-0.15, -0.1) is 0 Å². The summed E-state index contributed by atoms with van der Waals surface area (Å²) in [4.78, 5) is 11.4.